The monoisotopic (exact) mass is 776 g/mol. The van der Waals surface area contributed by atoms with Crippen molar-refractivity contribution >= 4 is 26.1 Å². The standard InChI is InChI=1S/C44H58O10Si/c1-10-31(2)19-24-37(52-42(45)33-15-12-11-13-16-33)41-38(53-44(3,4)54-41)18-14-17-34-27-36(50-29-32-20-22-35(48-6)23-21-32)28-39(51-30-47-5)40(34)43(46)49-25-26-55(7,8)9/h11-17,19-24,27-28,31,37-38,41H,10,18,25-26,29-30H2,1-9H3/b17-14+,24-19-/t31-,37-,38+,41+/m0/s1/i10T/t10?,31-,37-,38+,41+. The van der Waals surface area contributed by atoms with E-state index in [1.807, 2.05) is 76.3 Å². The third-order valence-electron chi connectivity index (χ3n) is 8.89. The number of methoxy groups -OCH3 is 2. The fourth-order valence-corrected chi connectivity index (χ4v) is 6.44. The van der Waals surface area contributed by atoms with Crippen LogP contribution in [0.3, 0.4) is 0 Å². The Hall–Kier alpha value is -4.42. The van der Waals surface area contributed by atoms with Gasteiger partial charge in [0.25, 0.3) is 0 Å². The molecule has 1 heterocycles. The van der Waals surface area contributed by atoms with Crippen LogP contribution < -0.4 is 14.2 Å². The highest BCUT2D eigenvalue weighted by Crippen LogP contribution is 2.36. The Morgan fingerprint density at radius 2 is 1.67 bits per heavy atom. The second-order valence-electron chi connectivity index (χ2n) is 15.1. The number of esters is 2. The van der Waals surface area contributed by atoms with Gasteiger partial charge in [-0.05, 0) is 79.8 Å². The molecule has 4 rings (SSSR count). The molecule has 1 saturated heterocycles. The lowest BCUT2D eigenvalue weighted by Crippen LogP contribution is -2.37. The van der Waals surface area contributed by atoms with Crippen LogP contribution >= 0.6 is 0 Å². The van der Waals surface area contributed by atoms with E-state index in [0.29, 0.717) is 23.3 Å². The maximum atomic E-state index is 13.8. The first-order valence-electron chi connectivity index (χ1n) is 19.3. The van der Waals surface area contributed by atoms with Crippen LogP contribution in [0.1, 0.15) is 73.7 Å². The third kappa shape index (κ3) is 13.7. The Balaban J connectivity index is 1.68. The summed E-state index contributed by atoms with van der Waals surface area (Å²) in [5, 5.41) is 0. The number of hydrogen-bond donors (Lipinski definition) is 0. The molecule has 1 fully saturated rings. The zero-order valence-electron chi connectivity index (χ0n) is 34.7. The normalized spacial score (nSPS) is 18.7. The van der Waals surface area contributed by atoms with E-state index in [9.17, 15) is 9.59 Å². The van der Waals surface area contributed by atoms with Crippen LogP contribution in [0, 0.1) is 5.92 Å². The lowest BCUT2D eigenvalue weighted by Gasteiger charge is -2.24. The lowest BCUT2D eigenvalue weighted by atomic mass is 10.00. The van der Waals surface area contributed by atoms with Crippen molar-refractivity contribution in [3.05, 3.63) is 107 Å². The molecule has 0 amide bonds. The number of carbonyl (C=O) groups excluding carboxylic acids is 2. The van der Waals surface area contributed by atoms with Gasteiger partial charge in [0.1, 0.15) is 41.6 Å². The summed E-state index contributed by atoms with van der Waals surface area (Å²) in [6.45, 7) is 14.5. The Morgan fingerprint density at radius 1 is 0.945 bits per heavy atom. The van der Waals surface area contributed by atoms with E-state index in [1.165, 1.54) is 7.11 Å². The summed E-state index contributed by atoms with van der Waals surface area (Å²) in [6.07, 6.45) is 5.29. The lowest BCUT2D eigenvalue weighted by molar-refractivity contribution is -0.152. The van der Waals surface area contributed by atoms with Gasteiger partial charge in [0.2, 0.25) is 0 Å². The molecular weight excluding hydrogens is 717 g/mol. The van der Waals surface area contributed by atoms with Gasteiger partial charge in [0, 0.05) is 22.6 Å². The van der Waals surface area contributed by atoms with Crippen molar-refractivity contribution in [2.24, 2.45) is 5.92 Å². The average Bonchev–Trinajstić information content (AvgIpc) is 3.47. The van der Waals surface area contributed by atoms with E-state index in [-0.39, 0.29) is 43.6 Å². The Bertz CT molecular complexity index is 1770. The van der Waals surface area contributed by atoms with E-state index in [1.54, 1.807) is 49.6 Å². The van der Waals surface area contributed by atoms with Crippen molar-refractivity contribution in [1.82, 2.24) is 0 Å². The Kier molecular flexibility index (Phi) is 15.5. The first kappa shape index (κ1) is 41.7. The largest absolute Gasteiger partial charge is 0.497 e. The fraction of sp³-hybridized carbons (Fsp3) is 0.455. The van der Waals surface area contributed by atoms with Crippen LogP contribution in [-0.2, 0) is 30.3 Å². The van der Waals surface area contributed by atoms with E-state index in [4.69, 9.17) is 39.3 Å². The topological polar surface area (TPSA) is 108 Å². The smallest absolute Gasteiger partial charge is 0.342 e. The molecule has 0 radical (unpaired) electrons. The molecular formula is C44H58O10Si. The molecule has 10 nitrogen and oxygen atoms in total. The predicted molar refractivity (Wildman–Crippen MR) is 216 cm³/mol. The summed E-state index contributed by atoms with van der Waals surface area (Å²) in [4.78, 5) is 27.1. The van der Waals surface area contributed by atoms with Gasteiger partial charge in [0.15, 0.2) is 12.6 Å². The molecule has 11 heteroatoms. The van der Waals surface area contributed by atoms with Gasteiger partial charge in [-0.2, -0.15) is 0 Å². The van der Waals surface area contributed by atoms with E-state index < -0.39 is 44.1 Å². The highest BCUT2D eigenvalue weighted by Gasteiger charge is 2.45. The second-order valence-corrected chi connectivity index (χ2v) is 20.7. The third-order valence-corrected chi connectivity index (χ3v) is 10.6. The van der Waals surface area contributed by atoms with Gasteiger partial charge < -0.3 is 37.9 Å². The van der Waals surface area contributed by atoms with Crippen molar-refractivity contribution in [3.8, 4) is 17.2 Å². The predicted octanol–water partition coefficient (Wildman–Crippen LogP) is 9.50. The summed E-state index contributed by atoms with van der Waals surface area (Å²) in [5.74, 6) is -0.631. The van der Waals surface area contributed by atoms with Gasteiger partial charge in [-0.25, -0.2) is 9.59 Å². The Labute approximate surface area is 329 Å². The van der Waals surface area contributed by atoms with Gasteiger partial charge in [-0.15, -0.1) is 0 Å². The molecule has 3 aromatic rings. The average molecular weight is 777 g/mol. The van der Waals surface area contributed by atoms with Crippen molar-refractivity contribution in [2.45, 2.75) is 96.9 Å². The molecule has 0 aromatic heterocycles. The van der Waals surface area contributed by atoms with Crippen LogP contribution in [0.2, 0.25) is 25.7 Å². The SMILES string of the molecule is [3H]C(C)[C@H](C)/C=C\[C@H](OC(=O)c1ccccc1)[C@H]1OC(C)(C)O[C@@H]1C/C=C/c1cc(OCc2ccc(OC)cc2)cc(OCOC)c1C(=O)OCC[Si](C)(C)C. The summed E-state index contributed by atoms with van der Waals surface area (Å²) >= 11 is 0. The molecule has 1 aliphatic rings. The van der Waals surface area contributed by atoms with E-state index in [2.05, 4.69) is 19.6 Å². The zero-order valence-corrected chi connectivity index (χ0v) is 34.7. The highest BCUT2D eigenvalue weighted by atomic mass is 28.3. The minimum atomic E-state index is -1.48. The molecule has 0 saturated carbocycles. The molecule has 5 atom stereocenters. The van der Waals surface area contributed by atoms with Crippen molar-refractivity contribution < 1.29 is 48.9 Å². The minimum Gasteiger partial charge on any atom is -0.497 e. The first-order valence-corrected chi connectivity index (χ1v) is 22.4. The van der Waals surface area contributed by atoms with Crippen molar-refractivity contribution in [2.75, 3.05) is 27.6 Å². The molecule has 1 unspecified atom stereocenters. The van der Waals surface area contributed by atoms with Gasteiger partial charge in [0.05, 0.1) is 25.4 Å². The van der Waals surface area contributed by atoms with Crippen LogP contribution in [0.5, 0.6) is 17.2 Å². The number of rotatable bonds is 20. The van der Waals surface area contributed by atoms with Crippen LogP contribution in [0.4, 0.5) is 0 Å². The van der Waals surface area contributed by atoms with E-state index >= 15 is 0 Å². The molecule has 0 aliphatic carbocycles. The number of allylic oxidation sites excluding steroid dienone is 1. The quantitative estimate of drug-likeness (QED) is 0.0477. The second kappa shape index (κ2) is 20.5. The number of hydrogen-bond acceptors (Lipinski definition) is 10. The fourth-order valence-electron chi connectivity index (χ4n) is 5.72. The Morgan fingerprint density at radius 3 is 2.33 bits per heavy atom. The molecule has 0 N–H and O–H groups in total. The molecule has 298 valence electrons. The van der Waals surface area contributed by atoms with Gasteiger partial charge in [-0.3, -0.25) is 0 Å². The van der Waals surface area contributed by atoms with Crippen LogP contribution in [-0.4, -0.2) is 71.7 Å². The maximum absolute atomic E-state index is 13.8. The zero-order chi connectivity index (χ0) is 40.9. The molecule has 55 heavy (non-hydrogen) atoms. The molecule has 0 spiro atoms. The minimum absolute atomic E-state index is 0.0979. The van der Waals surface area contributed by atoms with Crippen molar-refractivity contribution in [1.29, 1.82) is 0 Å². The first-order chi connectivity index (χ1) is 26.6. The van der Waals surface area contributed by atoms with Gasteiger partial charge in [-0.1, -0.05) is 88.4 Å². The van der Waals surface area contributed by atoms with Crippen molar-refractivity contribution in [3.63, 3.8) is 0 Å². The van der Waals surface area contributed by atoms with Gasteiger partial charge >= 0.3 is 11.9 Å². The van der Waals surface area contributed by atoms with Crippen LogP contribution in [0.25, 0.3) is 6.08 Å². The summed E-state index contributed by atoms with van der Waals surface area (Å²) < 4.78 is 55.5. The summed E-state index contributed by atoms with van der Waals surface area (Å²) in [5.41, 5.74) is 2.09. The molecule has 3 aromatic carbocycles. The molecule has 0 bridgehead atoms. The number of benzene rings is 3. The number of ether oxygens (including phenoxy) is 8. The summed E-state index contributed by atoms with van der Waals surface area (Å²) in [6, 6.07) is 20.6. The molecule has 1 aliphatic heterocycles. The summed E-state index contributed by atoms with van der Waals surface area (Å²) in [7, 11) is 1.64. The van der Waals surface area contributed by atoms with E-state index in [0.717, 1.165) is 17.4 Å². The highest BCUT2D eigenvalue weighted by molar-refractivity contribution is 6.76. The van der Waals surface area contributed by atoms with Crippen LogP contribution in [0.15, 0.2) is 85.0 Å². The maximum Gasteiger partial charge on any atom is 0.342 e. The number of carbonyl (C=O) groups is 2.